The van der Waals surface area contributed by atoms with Gasteiger partial charge < -0.3 is 15.5 Å². The van der Waals surface area contributed by atoms with Crippen LogP contribution in [0, 0.1) is 0 Å². The van der Waals surface area contributed by atoms with Gasteiger partial charge in [0, 0.05) is 11.8 Å². The number of carboxylic acid groups (broad SMARTS) is 2. The maximum Gasteiger partial charge on any atom is 0.336 e. The van der Waals surface area contributed by atoms with Crippen LogP contribution in [-0.2, 0) is 9.84 Å². The molecule has 0 aliphatic rings. The van der Waals surface area contributed by atoms with Gasteiger partial charge in [-0.1, -0.05) is 6.92 Å². The average Bonchev–Trinajstić information content (AvgIpc) is 2.42. The molecule has 1 unspecified atom stereocenters. The molecule has 9 heteroatoms. The minimum Gasteiger partial charge on any atom is -0.478 e. The van der Waals surface area contributed by atoms with E-state index in [-0.39, 0.29) is 12.0 Å². The van der Waals surface area contributed by atoms with Gasteiger partial charge in [0.1, 0.15) is 5.37 Å². The second-order valence-corrected chi connectivity index (χ2v) is 6.80. The zero-order chi connectivity index (χ0) is 17.1. The van der Waals surface area contributed by atoms with Crippen molar-refractivity contribution in [2.24, 2.45) is 0 Å². The number of carbonyl (C=O) groups excluding carboxylic acids is 1. The van der Waals surface area contributed by atoms with E-state index in [1.165, 1.54) is 0 Å². The molecular weight excluding hydrogens is 314 g/mol. The van der Waals surface area contributed by atoms with Crippen LogP contribution in [0.15, 0.2) is 18.2 Å². The number of carbonyl (C=O) groups is 3. The van der Waals surface area contributed by atoms with E-state index in [2.05, 4.69) is 5.32 Å². The van der Waals surface area contributed by atoms with Crippen molar-refractivity contribution in [3.05, 3.63) is 34.9 Å². The first-order valence-electron chi connectivity index (χ1n) is 6.18. The summed E-state index contributed by atoms with van der Waals surface area (Å²) in [5, 5.41) is 19.0. The summed E-state index contributed by atoms with van der Waals surface area (Å²) in [7, 11) is -3.51. The molecule has 0 saturated carbocycles. The van der Waals surface area contributed by atoms with Crippen LogP contribution in [-0.4, -0.2) is 48.1 Å². The van der Waals surface area contributed by atoms with E-state index in [1.807, 2.05) is 0 Å². The summed E-state index contributed by atoms with van der Waals surface area (Å²) in [4.78, 5) is 34.0. The molecule has 0 heterocycles. The van der Waals surface area contributed by atoms with Gasteiger partial charge in [0.15, 0.2) is 9.84 Å². The molecule has 0 radical (unpaired) electrons. The van der Waals surface area contributed by atoms with Crippen LogP contribution in [0.3, 0.4) is 0 Å². The van der Waals surface area contributed by atoms with Crippen molar-refractivity contribution >= 4 is 27.7 Å². The molecule has 8 nitrogen and oxygen atoms in total. The Balaban J connectivity index is 3.17. The molecule has 0 aliphatic heterocycles. The SMILES string of the molecule is CCC(NC(=O)c1ccc(C(=O)O)c(C(=O)O)c1)S(C)(=O)=O. The number of hydrogen-bond acceptors (Lipinski definition) is 5. The molecule has 1 amide bonds. The lowest BCUT2D eigenvalue weighted by atomic mass is 10.0. The highest BCUT2D eigenvalue weighted by Crippen LogP contribution is 2.13. The lowest BCUT2D eigenvalue weighted by Gasteiger charge is -2.15. The summed E-state index contributed by atoms with van der Waals surface area (Å²) in [5.74, 6) is -3.73. The first-order chi connectivity index (χ1) is 10.1. The van der Waals surface area contributed by atoms with Crippen LogP contribution in [0.4, 0.5) is 0 Å². The van der Waals surface area contributed by atoms with Gasteiger partial charge in [-0.05, 0) is 24.6 Å². The van der Waals surface area contributed by atoms with E-state index in [1.54, 1.807) is 6.92 Å². The molecule has 120 valence electrons. The standard InChI is InChI=1S/C13H15NO7S/c1-3-10(22(2,20)21)14-11(15)7-4-5-8(12(16)17)9(6-7)13(18)19/h4-6,10H,3H2,1-2H3,(H,14,15)(H,16,17)(H,18,19). The summed E-state index contributed by atoms with van der Waals surface area (Å²) >= 11 is 0. The molecule has 1 aromatic carbocycles. The molecule has 1 aromatic rings. The highest BCUT2D eigenvalue weighted by atomic mass is 32.2. The second kappa shape index (κ2) is 6.56. The van der Waals surface area contributed by atoms with Crippen LogP contribution < -0.4 is 5.32 Å². The number of carboxylic acids is 2. The molecule has 0 aromatic heterocycles. The molecule has 0 bridgehead atoms. The van der Waals surface area contributed by atoms with E-state index < -0.39 is 44.2 Å². The van der Waals surface area contributed by atoms with Crippen molar-refractivity contribution < 1.29 is 33.0 Å². The number of amides is 1. The minimum absolute atomic E-state index is 0.135. The predicted molar refractivity (Wildman–Crippen MR) is 76.7 cm³/mol. The summed E-state index contributed by atoms with van der Waals surface area (Å²) in [6.45, 7) is 1.57. The number of aromatic carboxylic acids is 2. The molecule has 0 saturated heterocycles. The van der Waals surface area contributed by atoms with Crippen LogP contribution in [0.1, 0.15) is 44.4 Å². The van der Waals surface area contributed by atoms with Gasteiger partial charge in [-0.2, -0.15) is 0 Å². The molecule has 1 rings (SSSR count). The lowest BCUT2D eigenvalue weighted by molar-refractivity contribution is 0.0651. The Morgan fingerprint density at radius 2 is 1.68 bits per heavy atom. The largest absolute Gasteiger partial charge is 0.478 e. The zero-order valence-corrected chi connectivity index (χ0v) is 12.7. The summed E-state index contributed by atoms with van der Waals surface area (Å²) in [6, 6.07) is 3.01. The van der Waals surface area contributed by atoms with Gasteiger partial charge >= 0.3 is 11.9 Å². The van der Waals surface area contributed by atoms with Gasteiger partial charge in [-0.15, -0.1) is 0 Å². The Hall–Kier alpha value is -2.42. The topological polar surface area (TPSA) is 138 Å². The highest BCUT2D eigenvalue weighted by Gasteiger charge is 2.23. The summed E-state index contributed by atoms with van der Waals surface area (Å²) in [6.07, 6.45) is 1.11. The molecule has 0 fully saturated rings. The third-order valence-corrected chi connectivity index (χ3v) is 4.41. The smallest absolute Gasteiger partial charge is 0.336 e. The maximum absolute atomic E-state index is 12.0. The van der Waals surface area contributed by atoms with Gasteiger partial charge in [0.05, 0.1) is 11.1 Å². The fourth-order valence-electron chi connectivity index (χ4n) is 1.79. The predicted octanol–water partition coefficient (Wildman–Crippen LogP) is 0.594. The van der Waals surface area contributed by atoms with Crippen LogP contribution in [0.25, 0.3) is 0 Å². The van der Waals surface area contributed by atoms with E-state index in [0.717, 1.165) is 24.5 Å². The molecular formula is C13H15NO7S. The Kier molecular flexibility index (Phi) is 5.26. The lowest BCUT2D eigenvalue weighted by Crippen LogP contribution is -2.39. The fourth-order valence-corrected chi connectivity index (χ4v) is 2.72. The molecule has 0 aliphatic carbocycles. The molecule has 3 N–H and O–H groups in total. The molecule has 22 heavy (non-hydrogen) atoms. The quantitative estimate of drug-likeness (QED) is 0.694. The third kappa shape index (κ3) is 4.04. The number of rotatable bonds is 6. The number of nitrogens with one attached hydrogen (secondary N) is 1. The Labute approximate surface area is 126 Å². The van der Waals surface area contributed by atoms with Gasteiger partial charge in [0.2, 0.25) is 0 Å². The summed E-state index contributed by atoms with van der Waals surface area (Å²) < 4.78 is 22.9. The highest BCUT2D eigenvalue weighted by molar-refractivity contribution is 7.91. The first-order valence-corrected chi connectivity index (χ1v) is 8.13. The monoisotopic (exact) mass is 329 g/mol. The molecule has 0 spiro atoms. The van der Waals surface area contributed by atoms with Gasteiger partial charge in [0.25, 0.3) is 5.91 Å². The third-order valence-electron chi connectivity index (χ3n) is 2.92. The van der Waals surface area contributed by atoms with Crippen molar-refractivity contribution in [1.82, 2.24) is 5.32 Å². The number of sulfone groups is 1. The first kappa shape index (κ1) is 17.6. The van der Waals surface area contributed by atoms with Crippen LogP contribution in [0.2, 0.25) is 0 Å². The van der Waals surface area contributed by atoms with Gasteiger partial charge in [-0.3, -0.25) is 4.79 Å². The van der Waals surface area contributed by atoms with E-state index >= 15 is 0 Å². The zero-order valence-electron chi connectivity index (χ0n) is 11.9. The molecule has 1 atom stereocenters. The van der Waals surface area contributed by atoms with E-state index in [9.17, 15) is 22.8 Å². The number of hydrogen-bond donors (Lipinski definition) is 3. The normalized spacial score (nSPS) is 12.5. The Morgan fingerprint density at radius 3 is 2.09 bits per heavy atom. The average molecular weight is 329 g/mol. The van der Waals surface area contributed by atoms with Crippen LogP contribution >= 0.6 is 0 Å². The summed E-state index contributed by atoms with van der Waals surface area (Å²) in [5.41, 5.74) is -1.14. The maximum atomic E-state index is 12.0. The van der Waals surface area contributed by atoms with Crippen molar-refractivity contribution in [1.29, 1.82) is 0 Å². The van der Waals surface area contributed by atoms with E-state index in [4.69, 9.17) is 10.2 Å². The van der Waals surface area contributed by atoms with Crippen molar-refractivity contribution in [3.63, 3.8) is 0 Å². The van der Waals surface area contributed by atoms with Crippen molar-refractivity contribution in [2.45, 2.75) is 18.7 Å². The second-order valence-electron chi connectivity index (χ2n) is 4.57. The number of benzene rings is 1. The van der Waals surface area contributed by atoms with Gasteiger partial charge in [-0.25, -0.2) is 18.0 Å². The van der Waals surface area contributed by atoms with E-state index in [0.29, 0.717) is 0 Å². The Bertz CT molecular complexity index is 724. The van der Waals surface area contributed by atoms with Crippen molar-refractivity contribution in [2.75, 3.05) is 6.26 Å². The Morgan fingerprint density at radius 1 is 1.14 bits per heavy atom. The van der Waals surface area contributed by atoms with Crippen LogP contribution in [0.5, 0.6) is 0 Å². The minimum atomic E-state index is -3.51. The van der Waals surface area contributed by atoms with Crippen molar-refractivity contribution in [3.8, 4) is 0 Å². The fraction of sp³-hybridized carbons (Fsp3) is 0.308.